The molecule has 2 nitrogen and oxygen atoms in total. The van der Waals surface area contributed by atoms with Gasteiger partial charge in [0.1, 0.15) is 5.82 Å². The van der Waals surface area contributed by atoms with Crippen LogP contribution >= 0.6 is 0 Å². The number of likely N-dealkylation sites (N-methyl/N-ethyl adjacent to an activating group) is 1. The Labute approximate surface area is 113 Å². The first kappa shape index (κ1) is 13.6. The van der Waals surface area contributed by atoms with Crippen LogP contribution in [-0.4, -0.2) is 19.6 Å². The van der Waals surface area contributed by atoms with Crippen LogP contribution in [0.25, 0.3) is 0 Å². The van der Waals surface area contributed by atoms with Crippen molar-refractivity contribution in [2.45, 2.75) is 12.5 Å². The number of hydrogen-bond donors (Lipinski definition) is 1. The maximum absolute atomic E-state index is 13.2. The van der Waals surface area contributed by atoms with Crippen LogP contribution in [0, 0.1) is 5.82 Å². The summed E-state index contributed by atoms with van der Waals surface area (Å²) in [5.74, 6) is -0.221. The van der Waals surface area contributed by atoms with E-state index >= 15 is 0 Å². The van der Waals surface area contributed by atoms with Gasteiger partial charge in [0.05, 0.1) is 0 Å². The largest absolute Gasteiger partial charge is 0.373 e. The Morgan fingerprint density at radius 3 is 2.53 bits per heavy atom. The first-order chi connectivity index (χ1) is 9.15. The zero-order valence-electron chi connectivity index (χ0n) is 11.1. The molecule has 100 valence electrons. The van der Waals surface area contributed by atoms with Crippen LogP contribution in [0.15, 0.2) is 54.6 Å². The topological polar surface area (TPSA) is 29.3 Å². The molecule has 1 unspecified atom stereocenters. The second-order valence-electron chi connectivity index (χ2n) is 4.81. The molecule has 2 rings (SSSR count). The molecule has 0 heterocycles. The zero-order valence-corrected chi connectivity index (χ0v) is 11.1. The molecule has 0 aliphatic carbocycles. The molecule has 0 bridgehead atoms. The van der Waals surface area contributed by atoms with E-state index in [-0.39, 0.29) is 11.9 Å². The van der Waals surface area contributed by atoms with Crippen LogP contribution in [0.3, 0.4) is 0 Å². The highest BCUT2D eigenvalue weighted by molar-refractivity contribution is 5.45. The van der Waals surface area contributed by atoms with Crippen LogP contribution in [0.1, 0.15) is 5.56 Å². The SMILES string of the molecule is CN(CC(N)Cc1ccccc1)c1cccc(F)c1. The molecule has 0 aliphatic heterocycles. The number of benzene rings is 2. The van der Waals surface area contributed by atoms with Crippen molar-refractivity contribution in [1.82, 2.24) is 0 Å². The number of nitrogens with zero attached hydrogens (tertiary/aromatic N) is 1. The van der Waals surface area contributed by atoms with Gasteiger partial charge in [0.25, 0.3) is 0 Å². The number of hydrogen-bond acceptors (Lipinski definition) is 2. The third-order valence-corrected chi connectivity index (χ3v) is 3.10. The second-order valence-corrected chi connectivity index (χ2v) is 4.81. The Balaban J connectivity index is 1.93. The van der Waals surface area contributed by atoms with E-state index in [1.54, 1.807) is 6.07 Å². The van der Waals surface area contributed by atoms with E-state index in [1.807, 2.05) is 36.2 Å². The van der Waals surface area contributed by atoms with E-state index in [0.717, 1.165) is 12.1 Å². The molecule has 0 fully saturated rings. The standard InChI is InChI=1S/C16H19FN2/c1-19(16-9-5-8-14(17)11-16)12-15(18)10-13-6-3-2-4-7-13/h2-9,11,15H,10,12,18H2,1H3. The highest BCUT2D eigenvalue weighted by Crippen LogP contribution is 2.14. The lowest BCUT2D eigenvalue weighted by atomic mass is 10.1. The summed E-state index contributed by atoms with van der Waals surface area (Å²) in [7, 11) is 1.93. The molecule has 0 saturated carbocycles. The summed E-state index contributed by atoms with van der Waals surface area (Å²) < 4.78 is 13.2. The third kappa shape index (κ3) is 4.07. The third-order valence-electron chi connectivity index (χ3n) is 3.10. The molecule has 0 saturated heterocycles. The first-order valence-corrected chi connectivity index (χ1v) is 6.41. The van der Waals surface area contributed by atoms with E-state index < -0.39 is 0 Å². The Morgan fingerprint density at radius 1 is 1.11 bits per heavy atom. The van der Waals surface area contributed by atoms with Gasteiger partial charge in [0.15, 0.2) is 0 Å². The average molecular weight is 258 g/mol. The molecule has 0 radical (unpaired) electrons. The fourth-order valence-corrected chi connectivity index (χ4v) is 2.15. The van der Waals surface area contributed by atoms with Gasteiger partial charge in [-0.15, -0.1) is 0 Å². The summed E-state index contributed by atoms with van der Waals surface area (Å²) in [5, 5.41) is 0. The van der Waals surface area contributed by atoms with Crippen LogP contribution in [0.4, 0.5) is 10.1 Å². The molecular weight excluding hydrogens is 239 g/mol. The van der Waals surface area contributed by atoms with Gasteiger partial charge in [0, 0.05) is 25.3 Å². The van der Waals surface area contributed by atoms with Crippen LogP contribution < -0.4 is 10.6 Å². The molecule has 0 aromatic heterocycles. The molecule has 19 heavy (non-hydrogen) atoms. The molecule has 2 aromatic rings. The minimum absolute atomic E-state index is 0.0238. The van der Waals surface area contributed by atoms with Crippen LogP contribution in [0.5, 0.6) is 0 Å². The highest BCUT2D eigenvalue weighted by Gasteiger charge is 2.09. The highest BCUT2D eigenvalue weighted by atomic mass is 19.1. The van der Waals surface area contributed by atoms with E-state index in [0.29, 0.717) is 6.54 Å². The van der Waals surface area contributed by atoms with E-state index in [1.165, 1.54) is 17.7 Å². The second kappa shape index (κ2) is 6.34. The molecule has 0 spiro atoms. The van der Waals surface area contributed by atoms with Crippen molar-refractivity contribution in [3.63, 3.8) is 0 Å². The fourth-order valence-electron chi connectivity index (χ4n) is 2.15. The summed E-state index contributed by atoms with van der Waals surface area (Å²) in [6.45, 7) is 0.693. The van der Waals surface area contributed by atoms with E-state index in [2.05, 4.69) is 12.1 Å². The van der Waals surface area contributed by atoms with Gasteiger partial charge >= 0.3 is 0 Å². The lowest BCUT2D eigenvalue weighted by molar-refractivity contribution is 0.623. The quantitative estimate of drug-likeness (QED) is 0.893. The first-order valence-electron chi connectivity index (χ1n) is 6.41. The van der Waals surface area contributed by atoms with Gasteiger partial charge < -0.3 is 10.6 Å². The van der Waals surface area contributed by atoms with Gasteiger partial charge in [0.2, 0.25) is 0 Å². The Hall–Kier alpha value is -1.87. The summed E-state index contributed by atoms with van der Waals surface area (Å²) in [5.41, 5.74) is 8.22. The molecule has 2 N–H and O–H groups in total. The van der Waals surface area contributed by atoms with Crippen LogP contribution in [0.2, 0.25) is 0 Å². The predicted molar refractivity (Wildman–Crippen MR) is 77.8 cm³/mol. The van der Waals surface area contributed by atoms with Crippen molar-refractivity contribution in [2.24, 2.45) is 5.73 Å². The molecule has 0 amide bonds. The number of rotatable bonds is 5. The van der Waals surface area contributed by atoms with E-state index in [4.69, 9.17) is 5.73 Å². The number of nitrogens with two attached hydrogens (primary N) is 1. The van der Waals surface area contributed by atoms with E-state index in [9.17, 15) is 4.39 Å². The van der Waals surface area contributed by atoms with Gasteiger partial charge in [-0.2, -0.15) is 0 Å². The minimum Gasteiger partial charge on any atom is -0.373 e. The summed E-state index contributed by atoms with van der Waals surface area (Å²) in [6, 6.07) is 16.8. The van der Waals surface area contributed by atoms with Gasteiger partial charge in [-0.3, -0.25) is 0 Å². The normalized spacial score (nSPS) is 12.2. The molecule has 3 heteroatoms. The monoisotopic (exact) mass is 258 g/mol. The number of anilines is 1. The van der Waals surface area contributed by atoms with Gasteiger partial charge in [-0.25, -0.2) is 4.39 Å². The lowest BCUT2D eigenvalue weighted by Gasteiger charge is -2.23. The zero-order chi connectivity index (χ0) is 13.7. The maximum atomic E-state index is 13.2. The maximum Gasteiger partial charge on any atom is 0.125 e. The predicted octanol–water partition coefficient (Wildman–Crippen LogP) is 2.83. The van der Waals surface area contributed by atoms with Crippen molar-refractivity contribution >= 4 is 5.69 Å². The molecular formula is C16H19FN2. The van der Waals surface area contributed by atoms with Gasteiger partial charge in [-0.1, -0.05) is 36.4 Å². The van der Waals surface area contributed by atoms with Crippen molar-refractivity contribution in [1.29, 1.82) is 0 Å². The average Bonchev–Trinajstić information content (AvgIpc) is 2.39. The summed E-state index contributed by atoms with van der Waals surface area (Å²) in [6.07, 6.45) is 0.820. The summed E-state index contributed by atoms with van der Waals surface area (Å²) in [4.78, 5) is 1.98. The number of halogens is 1. The van der Waals surface area contributed by atoms with Crippen LogP contribution in [-0.2, 0) is 6.42 Å². The lowest BCUT2D eigenvalue weighted by Crippen LogP contribution is -2.36. The molecule has 2 aromatic carbocycles. The minimum atomic E-state index is -0.221. The molecule has 0 aliphatic rings. The summed E-state index contributed by atoms with van der Waals surface area (Å²) >= 11 is 0. The smallest absolute Gasteiger partial charge is 0.125 e. The van der Waals surface area contributed by atoms with Gasteiger partial charge in [-0.05, 0) is 30.2 Å². The molecule has 1 atom stereocenters. The van der Waals surface area contributed by atoms with Crippen molar-refractivity contribution < 1.29 is 4.39 Å². The van der Waals surface area contributed by atoms with Crippen molar-refractivity contribution in [2.75, 3.05) is 18.5 Å². The Bertz CT molecular complexity index is 513. The Morgan fingerprint density at radius 2 is 1.84 bits per heavy atom. The van der Waals surface area contributed by atoms with Crippen molar-refractivity contribution in [3.8, 4) is 0 Å². The van der Waals surface area contributed by atoms with Crippen molar-refractivity contribution in [3.05, 3.63) is 66.0 Å². The Kier molecular flexibility index (Phi) is 4.53. The fraction of sp³-hybridized carbons (Fsp3) is 0.250.